The molecule has 1 aliphatic rings. The van der Waals surface area contributed by atoms with Crippen molar-refractivity contribution >= 4 is 17.7 Å². The maximum Gasteiger partial charge on any atom is 0.251 e. The number of hydrogen-bond donors (Lipinski definition) is 1. The summed E-state index contributed by atoms with van der Waals surface area (Å²) in [6.45, 7) is 2.77. The van der Waals surface area contributed by atoms with Gasteiger partial charge >= 0.3 is 0 Å². The zero-order chi connectivity index (χ0) is 18.4. The number of aryl methyl sites for hydroxylation is 2. The Morgan fingerprint density at radius 3 is 2.62 bits per heavy atom. The van der Waals surface area contributed by atoms with E-state index in [4.69, 9.17) is 0 Å². The van der Waals surface area contributed by atoms with Crippen LogP contribution in [0.25, 0.3) is 0 Å². The van der Waals surface area contributed by atoms with E-state index in [1.807, 2.05) is 24.3 Å². The van der Waals surface area contributed by atoms with Crippen LogP contribution in [0.5, 0.6) is 0 Å². The minimum Gasteiger partial charge on any atom is -0.352 e. The van der Waals surface area contributed by atoms with Gasteiger partial charge < -0.3 is 9.88 Å². The van der Waals surface area contributed by atoms with Crippen molar-refractivity contribution in [2.24, 2.45) is 0 Å². The minimum atomic E-state index is -0.00489. The molecule has 2 aromatic rings. The van der Waals surface area contributed by atoms with Gasteiger partial charge in [0.1, 0.15) is 5.82 Å². The highest BCUT2D eigenvalue weighted by molar-refractivity contribution is 7.98. The molecule has 0 aliphatic heterocycles. The number of aromatic nitrogens is 3. The lowest BCUT2D eigenvalue weighted by molar-refractivity contribution is 0.0953. The van der Waals surface area contributed by atoms with Gasteiger partial charge in [0, 0.05) is 24.6 Å². The number of nitrogens with zero attached hydrogens (tertiary/aromatic N) is 3. The molecule has 140 valence electrons. The van der Waals surface area contributed by atoms with Crippen molar-refractivity contribution in [3.63, 3.8) is 0 Å². The third-order valence-electron chi connectivity index (χ3n) is 5.09. The highest BCUT2D eigenvalue weighted by atomic mass is 32.2. The Morgan fingerprint density at radius 2 is 1.96 bits per heavy atom. The van der Waals surface area contributed by atoms with Gasteiger partial charge in [-0.25, -0.2) is 0 Å². The van der Waals surface area contributed by atoms with Crippen molar-refractivity contribution in [2.45, 2.75) is 63.1 Å². The van der Waals surface area contributed by atoms with Gasteiger partial charge in [0.25, 0.3) is 5.91 Å². The number of benzene rings is 1. The van der Waals surface area contributed by atoms with E-state index in [0.29, 0.717) is 12.6 Å². The second-order valence-electron chi connectivity index (χ2n) is 6.82. The van der Waals surface area contributed by atoms with Crippen LogP contribution in [0.1, 0.15) is 66.8 Å². The Morgan fingerprint density at radius 1 is 1.23 bits per heavy atom. The highest BCUT2D eigenvalue weighted by Crippen LogP contribution is 2.33. The monoisotopic (exact) mass is 372 g/mol. The molecule has 5 nitrogen and oxygen atoms in total. The van der Waals surface area contributed by atoms with Crippen LogP contribution < -0.4 is 5.32 Å². The molecule has 0 saturated heterocycles. The highest BCUT2D eigenvalue weighted by Gasteiger charge is 2.23. The SMILES string of the molecule is CCc1ccc(C(=O)NCCCc2nnc(SC)n2C2CCCC2)cc1. The second kappa shape index (κ2) is 9.21. The first kappa shape index (κ1) is 19.0. The van der Waals surface area contributed by atoms with Crippen molar-refractivity contribution in [2.75, 3.05) is 12.8 Å². The van der Waals surface area contributed by atoms with Crippen LogP contribution in [-0.4, -0.2) is 33.5 Å². The molecule has 0 radical (unpaired) electrons. The first-order valence-electron chi connectivity index (χ1n) is 9.57. The van der Waals surface area contributed by atoms with Crippen molar-refractivity contribution in [1.82, 2.24) is 20.1 Å². The summed E-state index contributed by atoms with van der Waals surface area (Å²) in [7, 11) is 0. The zero-order valence-electron chi connectivity index (χ0n) is 15.7. The first-order valence-corrected chi connectivity index (χ1v) is 10.8. The molecule has 26 heavy (non-hydrogen) atoms. The van der Waals surface area contributed by atoms with E-state index >= 15 is 0 Å². The summed E-state index contributed by atoms with van der Waals surface area (Å²) >= 11 is 1.67. The molecule has 1 fully saturated rings. The molecular weight excluding hydrogens is 344 g/mol. The molecule has 1 saturated carbocycles. The molecule has 6 heteroatoms. The largest absolute Gasteiger partial charge is 0.352 e. The summed E-state index contributed by atoms with van der Waals surface area (Å²) in [6, 6.07) is 8.38. The van der Waals surface area contributed by atoms with Crippen molar-refractivity contribution in [3.8, 4) is 0 Å². The van der Waals surface area contributed by atoms with E-state index < -0.39 is 0 Å². The maximum absolute atomic E-state index is 12.2. The predicted octanol–water partition coefficient (Wildman–Crippen LogP) is 4.04. The van der Waals surface area contributed by atoms with Crippen molar-refractivity contribution < 1.29 is 4.79 Å². The summed E-state index contributed by atoms with van der Waals surface area (Å²) in [6.07, 6.45) is 9.81. The van der Waals surface area contributed by atoms with Gasteiger partial charge in [-0.05, 0) is 49.6 Å². The third kappa shape index (κ3) is 4.47. The van der Waals surface area contributed by atoms with E-state index in [2.05, 4.69) is 33.3 Å². The number of hydrogen-bond acceptors (Lipinski definition) is 4. The third-order valence-corrected chi connectivity index (χ3v) is 5.74. The molecule has 0 unspecified atom stereocenters. The fourth-order valence-corrected chi connectivity index (χ4v) is 4.16. The molecule has 0 spiro atoms. The average molecular weight is 373 g/mol. The van der Waals surface area contributed by atoms with E-state index in [-0.39, 0.29) is 5.91 Å². The fraction of sp³-hybridized carbons (Fsp3) is 0.550. The van der Waals surface area contributed by atoms with Crippen LogP contribution in [0.2, 0.25) is 0 Å². The van der Waals surface area contributed by atoms with Gasteiger partial charge in [-0.1, -0.05) is 43.7 Å². The lowest BCUT2D eigenvalue weighted by atomic mass is 10.1. The molecule has 0 atom stereocenters. The Labute approximate surface area is 160 Å². The van der Waals surface area contributed by atoms with Crippen LogP contribution in [0.15, 0.2) is 29.4 Å². The predicted molar refractivity (Wildman–Crippen MR) is 106 cm³/mol. The topological polar surface area (TPSA) is 59.8 Å². The van der Waals surface area contributed by atoms with E-state index in [0.717, 1.165) is 35.8 Å². The van der Waals surface area contributed by atoms with Gasteiger partial charge in [-0.3, -0.25) is 4.79 Å². The van der Waals surface area contributed by atoms with Crippen molar-refractivity contribution in [3.05, 3.63) is 41.2 Å². The first-order chi connectivity index (χ1) is 12.7. The number of carbonyl (C=O) groups is 1. The van der Waals surface area contributed by atoms with Gasteiger partial charge in [-0.2, -0.15) is 0 Å². The molecule has 1 amide bonds. The molecule has 3 rings (SSSR count). The van der Waals surface area contributed by atoms with E-state index in [1.165, 1.54) is 31.2 Å². The number of carbonyl (C=O) groups excluding carboxylic acids is 1. The Kier molecular flexibility index (Phi) is 6.72. The molecule has 1 aromatic heterocycles. The number of thioether (sulfide) groups is 1. The van der Waals surface area contributed by atoms with Crippen LogP contribution >= 0.6 is 11.8 Å². The lowest BCUT2D eigenvalue weighted by Gasteiger charge is -2.16. The van der Waals surface area contributed by atoms with Crippen LogP contribution in [-0.2, 0) is 12.8 Å². The Balaban J connectivity index is 1.51. The Bertz CT molecular complexity index is 720. The maximum atomic E-state index is 12.2. The molecule has 1 N–H and O–H groups in total. The van der Waals surface area contributed by atoms with Crippen LogP contribution in [0.4, 0.5) is 0 Å². The van der Waals surface area contributed by atoms with Gasteiger partial charge in [0.2, 0.25) is 0 Å². The van der Waals surface area contributed by atoms with Gasteiger partial charge in [0.05, 0.1) is 0 Å². The minimum absolute atomic E-state index is 0.00489. The summed E-state index contributed by atoms with van der Waals surface area (Å²) in [5, 5.41) is 12.8. The van der Waals surface area contributed by atoms with Gasteiger partial charge in [-0.15, -0.1) is 10.2 Å². The molecule has 1 aromatic carbocycles. The fourth-order valence-electron chi connectivity index (χ4n) is 3.59. The van der Waals surface area contributed by atoms with E-state index in [9.17, 15) is 4.79 Å². The summed E-state index contributed by atoms with van der Waals surface area (Å²) in [5.74, 6) is 1.05. The standard InChI is InChI=1S/C20H28N4OS/c1-3-15-10-12-16(13-11-15)19(25)21-14-6-9-18-22-23-20(26-2)24(18)17-7-4-5-8-17/h10-13,17H,3-9,14H2,1-2H3,(H,21,25). The summed E-state index contributed by atoms with van der Waals surface area (Å²) < 4.78 is 2.34. The molecule has 1 heterocycles. The van der Waals surface area contributed by atoms with Crippen molar-refractivity contribution in [1.29, 1.82) is 0 Å². The molecule has 0 bridgehead atoms. The smallest absolute Gasteiger partial charge is 0.251 e. The van der Waals surface area contributed by atoms with Crippen LogP contribution in [0.3, 0.4) is 0 Å². The lowest BCUT2D eigenvalue weighted by Crippen LogP contribution is -2.25. The van der Waals surface area contributed by atoms with Crippen LogP contribution in [0, 0.1) is 0 Å². The van der Waals surface area contributed by atoms with Gasteiger partial charge in [0.15, 0.2) is 5.16 Å². The molecular formula is C20H28N4OS. The normalized spacial score (nSPS) is 14.7. The average Bonchev–Trinajstić information content (AvgIpc) is 3.34. The number of nitrogens with one attached hydrogen (secondary N) is 1. The van der Waals surface area contributed by atoms with E-state index in [1.54, 1.807) is 11.8 Å². The second-order valence-corrected chi connectivity index (χ2v) is 7.59. The summed E-state index contributed by atoms with van der Waals surface area (Å²) in [4.78, 5) is 12.2. The molecule has 1 aliphatic carbocycles. The zero-order valence-corrected chi connectivity index (χ0v) is 16.5. The quantitative estimate of drug-likeness (QED) is 0.561. The Hall–Kier alpha value is -1.82. The number of amides is 1. The summed E-state index contributed by atoms with van der Waals surface area (Å²) in [5.41, 5.74) is 1.97. The number of rotatable bonds is 8.